The Balaban J connectivity index is 0.00000157. The van der Waals surface area contributed by atoms with Crippen molar-refractivity contribution in [2.24, 2.45) is 5.92 Å². The van der Waals surface area contributed by atoms with E-state index in [1.165, 1.54) is 38.3 Å². The molecule has 1 aliphatic carbocycles. The summed E-state index contributed by atoms with van der Waals surface area (Å²) in [6, 6.07) is 19.6. The summed E-state index contributed by atoms with van der Waals surface area (Å²) >= 11 is 0. The summed E-state index contributed by atoms with van der Waals surface area (Å²) in [6.45, 7) is 2.26. The Hall–Kier alpha value is -2.05. The minimum Gasteiger partial charge on any atom is -0.472 e. The van der Waals surface area contributed by atoms with Gasteiger partial charge in [-0.05, 0) is 17.6 Å². The number of furan rings is 1. The summed E-state index contributed by atoms with van der Waals surface area (Å²) in [5, 5.41) is 5.31. The molecule has 120 valence electrons. The molecule has 0 amide bonds. The predicted octanol–water partition coefficient (Wildman–Crippen LogP) is 6.42. The first-order valence-electron chi connectivity index (χ1n) is 8.35. The second-order valence-corrected chi connectivity index (χ2v) is 6.49. The van der Waals surface area contributed by atoms with Gasteiger partial charge in [-0.3, -0.25) is 0 Å². The minimum atomic E-state index is 0. The predicted molar refractivity (Wildman–Crippen MR) is 101 cm³/mol. The van der Waals surface area contributed by atoms with Crippen LogP contribution < -0.4 is 0 Å². The Morgan fingerprint density at radius 2 is 1.80 bits per heavy atom. The first-order chi connectivity index (χ1) is 11.8. The second-order valence-electron chi connectivity index (χ2n) is 6.49. The van der Waals surface area contributed by atoms with Crippen LogP contribution in [-0.4, -0.2) is 0 Å². The van der Waals surface area contributed by atoms with Crippen molar-refractivity contribution in [1.29, 1.82) is 0 Å². The number of allylic oxidation sites excluding steroid dienone is 4. The molecular formula is C23H17OZr-. The van der Waals surface area contributed by atoms with Gasteiger partial charge in [-0.15, -0.1) is 33.7 Å². The van der Waals surface area contributed by atoms with Gasteiger partial charge in [0.1, 0.15) is 0 Å². The number of fused-ring (bicyclic) bond motifs is 3. The molecule has 1 aromatic heterocycles. The van der Waals surface area contributed by atoms with E-state index in [9.17, 15) is 0 Å². The zero-order valence-electron chi connectivity index (χ0n) is 14.0. The average molecular weight is 401 g/mol. The van der Waals surface area contributed by atoms with Gasteiger partial charge >= 0.3 is 0 Å². The van der Waals surface area contributed by atoms with E-state index >= 15 is 0 Å². The zero-order chi connectivity index (χ0) is 16.1. The maximum atomic E-state index is 5.31. The van der Waals surface area contributed by atoms with Crippen molar-refractivity contribution >= 4 is 32.7 Å². The van der Waals surface area contributed by atoms with Crippen LogP contribution in [0.25, 0.3) is 32.7 Å². The van der Waals surface area contributed by atoms with E-state index in [1.54, 1.807) is 6.26 Å². The molecule has 0 N–H and O–H groups in total. The molecule has 1 aliphatic rings. The van der Waals surface area contributed by atoms with E-state index in [2.05, 4.69) is 67.6 Å². The molecule has 2 heteroatoms. The summed E-state index contributed by atoms with van der Waals surface area (Å²) in [5.41, 5.74) is 5.14. The van der Waals surface area contributed by atoms with Crippen LogP contribution in [-0.2, 0) is 26.2 Å². The Labute approximate surface area is 166 Å². The summed E-state index contributed by atoms with van der Waals surface area (Å²) in [6.07, 6.45) is 8.08. The Bertz CT molecular complexity index is 1110. The van der Waals surface area contributed by atoms with Crippen molar-refractivity contribution in [2.45, 2.75) is 6.92 Å². The summed E-state index contributed by atoms with van der Waals surface area (Å²) in [5.74, 6) is 0.401. The van der Waals surface area contributed by atoms with E-state index in [4.69, 9.17) is 4.42 Å². The van der Waals surface area contributed by atoms with Crippen LogP contribution in [0.2, 0.25) is 0 Å². The maximum Gasteiger partial charge on any atom is 0.0980 e. The van der Waals surface area contributed by atoms with Crippen molar-refractivity contribution in [3.05, 3.63) is 90.4 Å². The maximum absolute atomic E-state index is 5.31. The molecule has 25 heavy (non-hydrogen) atoms. The number of hydrogen-bond acceptors (Lipinski definition) is 1. The third-order valence-electron chi connectivity index (χ3n) is 5.08. The molecule has 0 aliphatic heterocycles. The molecule has 0 spiro atoms. The van der Waals surface area contributed by atoms with Crippen molar-refractivity contribution in [3.63, 3.8) is 0 Å². The third kappa shape index (κ3) is 2.51. The molecule has 0 bridgehead atoms. The Kier molecular flexibility index (Phi) is 4.17. The van der Waals surface area contributed by atoms with Gasteiger partial charge in [-0.1, -0.05) is 66.6 Å². The van der Waals surface area contributed by atoms with Crippen molar-refractivity contribution in [2.75, 3.05) is 0 Å². The number of benzene rings is 2. The first kappa shape index (κ1) is 16.4. The first-order valence-corrected chi connectivity index (χ1v) is 8.35. The third-order valence-corrected chi connectivity index (χ3v) is 5.08. The van der Waals surface area contributed by atoms with Crippen molar-refractivity contribution < 1.29 is 30.6 Å². The quantitative estimate of drug-likeness (QED) is 0.354. The van der Waals surface area contributed by atoms with Gasteiger partial charge in [0.15, 0.2) is 0 Å². The van der Waals surface area contributed by atoms with E-state index in [1.807, 2.05) is 12.3 Å². The molecule has 1 heterocycles. The molecule has 1 nitrogen and oxygen atoms in total. The Morgan fingerprint density at radius 1 is 0.960 bits per heavy atom. The van der Waals surface area contributed by atoms with Crippen LogP contribution in [0.15, 0.2) is 83.7 Å². The molecule has 0 saturated heterocycles. The normalized spacial score (nSPS) is 16.8. The van der Waals surface area contributed by atoms with Gasteiger partial charge in [0, 0.05) is 31.8 Å². The van der Waals surface area contributed by atoms with Crippen LogP contribution in [0.4, 0.5) is 0 Å². The van der Waals surface area contributed by atoms with E-state index in [0.29, 0.717) is 5.92 Å². The molecule has 0 fully saturated rings. The van der Waals surface area contributed by atoms with Gasteiger partial charge < -0.3 is 4.42 Å². The van der Waals surface area contributed by atoms with Crippen LogP contribution in [0.5, 0.6) is 0 Å². The van der Waals surface area contributed by atoms with Crippen LogP contribution in [0.3, 0.4) is 0 Å². The van der Waals surface area contributed by atoms with Gasteiger partial charge in [-0.2, -0.15) is 0 Å². The van der Waals surface area contributed by atoms with Crippen molar-refractivity contribution in [3.8, 4) is 0 Å². The van der Waals surface area contributed by atoms with Gasteiger partial charge in [0.2, 0.25) is 0 Å². The van der Waals surface area contributed by atoms with E-state index < -0.39 is 0 Å². The molecular weight excluding hydrogens is 383 g/mol. The average Bonchev–Trinajstić information content (AvgIpc) is 3.32. The monoisotopic (exact) mass is 399 g/mol. The molecule has 4 aromatic rings. The van der Waals surface area contributed by atoms with Crippen molar-refractivity contribution in [1.82, 2.24) is 0 Å². The minimum absolute atomic E-state index is 0. The smallest absolute Gasteiger partial charge is 0.0980 e. The molecule has 3 aromatic carbocycles. The fourth-order valence-corrected chi connectivity index (χ4v) is 3.95. The molecule has 5 rings (SSSR count). The SMILES string of the molecule is CC1C=CC(c2ccoc2)=C1c1cccc2c1[cH-]c1ccccc12.[Zr]. The molecule has 1 atom stereocenters. The fourth-order valence-electron chi connectivity index (χ4n) is 3.95. The van der Waals surface area contributed by atoms with Crippen LogP contribution in [0.1, 0.15) is 18.1 Å². The number of hydrogen-bond donors (Lipinski definition) is 0. The van der Waals surface area contributed by atoms with E-state index in [-0.39, 0.29) is 26.2 Å². The van der Waals surface area contributed by atoms with Gasteiger partial charge in [0.05, 0.1) is 12.5 Å². The Morgan fingerprint density at radius 3 is 2.64 bits per heavy atom. The zero-order valence-corrected chi connectivity index (χ0v) is 16.4. The molecule has 0 saturated carbocycles. The molecule has 0 radical (unpaired) electrons. The largest absolute Gasteiger partial charge is 0.472 e. The topological polar surface area (TPSA) is 13.1 Å². The molecule has 1 unspecified atom stereocenters. The summed E-state index contributed by atoms with van der Waals surface area (Å²) in [7, 11) is 0. The summed E-state index contributed by atoms with van der Waals surface area (Å²) < 4.78 is 5.31. The standard InChI is InChI=1S/C23H17O.Zr/c1-15-9-10-19(17-11-12-24-14-17)23(15)21-8-4-7-20-18-6-3-2-5-16(18)13-22(20)21;/h2-15H,1H3;/q-1;. The van der Waals surface area contributed by atoms with Crippen LogP contribution in [0, 0.1) is 5.92 Å². The number of rotatable bonds is 2. The van der Waals surface area contributed by atoms with Gasteiger partial charge in [0.25, 0.3) is 0 Å². The van der Waals surface area contributed by atoms with E-state index in [0.717, 1.165) is 5.56 Å². The fraction of sp³-hybridized carbons (Fsp3) is 0.0870. The van der Waals surface area contributed by atoms with Gasteiger partial charge in [-0.25, -0.2) is 0 Å². The van der Waals surface area contributed by atoms with Crippen LogP contribution >= 0.6 is 0 Å². The second kappa shape index (κ2) is 6.35. The summed E-state index contributed by atoms with van der Waals surface area (Å²) in [4.78, 5) is 0.